The molecule has 0 bridgehead atoms. The number of hydrogen-bond acceptors (Lipinski definition) is 4. The lowest BCUT2D eigenvalue weighted by Crippen LogP contribution is -2.49. The molecular weight excluding hydrogens is 312 g/mol. The second-order valence-electron chi connectivity index (χ2n) is 6.49. The molecule has 0 radical (unpaired) electrons. The first-order valence-electron chi connectivity index (χ1n) is 8.90. The number of allylic oxidation sites excluding steroid dienone is 1. The molecule has 0 atom stereocenters. The minimum absolute atomic E-state index is 0.120. The molecule has 5 heteroatoms. The van der Waals surface area contributed by atoms with Gasteiger partial charge in [-0.05, 0) is 24.1 Å². The Morgan fingerprint density at radius 1 is 1.08 bits per heavy atom. The molecular formula is C20H22N4O. The molecule has 2 heterocycles. The number of carbonyl (C=O) groups excluding carboxylic acids is 1. The molecule has 25 heavy (non-hydrogen) atoms. The Bertz CT molecular complexity index is 805. The van der Waals surface area contributed by atoms with Crippen molar-refractivity contribution in [2.45, 2.75) is 19.8 Å². The monoisotopic (exact) mass is 334 g/mol. The fourth-order valence-corrected chi connectivity index (χ4v) is 3.48. The summed E-state index contributed by atoms with van der Waals surface area (Å²) in [5.41, 5.74) is 4.26. The van der Waals surface area contributed by atoms with Gasteiger partial charge in [0, 0.05) is 43.7 Å². The third-order valence-corrected chi connectivity index (χ3v) is 5.02. The number of carbonyl (C=O) groups is 1. The molecule has 5 nitrogen and oxygen atoms in total. The van der Waals surface area contributed by atoms with Gasteiger partial charge in [-0.2, -0.15) is 0 Å². The third-order valence-electron chi connectivity index (χ3n) is 5.02. The van der Waals surface area contributed by atoms with E-state index in [4.69, 9.17) is 0 Å². The summed E-state index contributed by atoms with van der Waals surface area (Å²) in [6.45, 7) is 5.16. The molecule has 2 aromatic rings. The number of rotatable bonds is 3. The summed E-state index contributed by atoms with van der Waals surface area (Å²) < 4.78 is 0. The van der Waals surface area contributed by atoms with E-state index in [0.29, 0.717) is 0 Å². The number of amides is 1. The van der Waals surface area contributed by atoms with Crippen molar-refractivity contribution in [1.82, 2.24) is 14.9 Å². The molecule has 4 rings (SSSR count). The van der Waals surface area contributed by atoms with Crippen LogP contribution in [0.1, 0.15) is 34.1 Å². The minimum atomic E-state index is 0.120. The normalized spacial score (nSPS) is 16.2. The summed E-state index contributed by atoms with van der Waals surface area (Å²) >= 11 is 0. The first kappa shape index (κ1) is 15.8. The van der Waals surface area contributed by atoms with Crippen molar-refractivity contribution in [2.75, 3.05) is 31.1 Å². The largest absolute Gasteiger partial charge is 0.352 e. The SMILES string of the molecule is CCc1ccc(C(=O)N2CCN(c3ncnc4c3C=CC4)CC2)cc1. The highest BCUT2D eigenvalue weighted by molar-refractivity contribution is 5.94. The van der Waals surface area contributed by atoms with Gasteiger partial charge in [0.2, 0.25) is 0 Å². The first-order valence-corrected chi connectivity index (χ1v) is 8.90. The highest BCUT2D eigenvalue weighted by atomic mass is 16.2. The van der Waals surface area contributed by atoms with Crippen LogP contribution >= 0.6 is 0 Å². The van der Waals surface area contributed by atoms with Crippen molar-refractivity contribution in [2.24, 2.45) is 0 Å². The predicted octanol–water partition coefficient (Wildman–Crippen LogP) is 2.57. The van der Waals surface area contributed by atoms with Crippen molar-refractivity contribution in [1.29, 1.82) is 0 Å². The zero-order chi connectivity index (χ0) is 17.2. The second-order valence-corrected chi connectivity index (χ2v) is 6.49. The van der Waals surface area contributed by atoms with E-state index in [1.54, 1.807) is 6.33 Å². The molecule has 1 aromatic carbocycles. The minimum Gasteiger partial charge on any atom is -0.352 e. The van der Waals surface area contributed by atoms with E-state index < -0.39 is 0 Å². The van der Waals surface area contributed by atoms with Crippen LogP contribution in [0, 0.1) is 0 Å². The molecule has 0 spiro atoms. The van der Waals surface area contributed by atoms with Gasteiger partial charge in [-0.25, -0.2) is 9.97 Å². The molecule has 0 saturated carbocycles. The van der Waals surface area contributed by atoms with E-state index in [-0.39, 0.29) is 5.91 Å². The summed E-state index contributed by atoms with van der Waals surface area (Å²) in [6.07, 6.45) is 7.76. The number of nitrogens with zero attached hydrogens (tertiary/aromatic N) is 4. The van der Waals surface area contributed by atoms with Gasteiger partial charge in [-0.3, -0.25) is 4.79 Å². The van der Waals surface area contributed by atoms with Gasteiger partial charge in [0.1, 0.15) is 12.1 Å². The topological polar surface area (TPSA) is 49.3 Å². The zero-order valence-corrected chi connectivity index (χ0v) is 14.5. The van der Waals surface area contributed by atoms with Crippen molar-refractivity contribution in [3.63, 3.8) is 0 Å². The maximum absolute atomic E-state index is 12.7. The molecule has 128 valence electrons. The lowest BCUT2D eigenvalue weighted by Gasteiger charge is -2.36. The lowest BCUT2D eigenvalue weighted by molar-refractivity contribution is 0.0746. The van der Waals surface area contributed by atoms with Crippen LogP contribution in [0.5, 0.6) is 0 Å². The number of aryl methyl sites for hydroxylation is 1. The van der Waals surface area contributed by atoms with Crippen LogP contribution < -0.4 is 4.90 Å². The predicted molar refractivity (Wildman–Crippen MR) is 98.7 cm³/mol. The molecule has 2 aliphatic rings. The van der Waals surface area contributed by atoms with E-state index in [1.807, 2.05) is 29.2 Å². The number of fused-ring (bicyclic) bond motifs is 1. The van der Waals surface area contributed by atoms with Crippen LogP contribution in [0.25, 0.3) is 6.08 Å². The zero-order valence-electron chi connectivity index (χ0n) is 14.5. The number of hydrogen-bond donors (Lipinski definition) is 0. The quantitative estimate of drug-likeness (QED) is 0.866. The first-order chi connectivity index (χ1) is 12.3. The maximum atomic E-state index is 12.7. The van der Waals surface area contributed by atoms with E-state index in [1.165, 1.54) is 5.56 Å². The fourth-order valence-electron chi connectivity index (χ4n) is 3.48. The Morgan fingerprint density at radius 3 is 2.56 bits per heavy atom. The maximum Gasteiger partial charge on any atom is 0.253 e. The van der Waals surface area contributed by atoms with Crippen molar-refractivity contribution in [3.8, 4) is 0 Å². The van der Waals surface area contributed by atoms with Gasteiger partial charge < -0.3 is 9.80 Å². The number of aromatic nitrogens is 2. The summed E-state index contributed by atoms with van der Waals surface area (Å²) in [4.78, 5) is 25.7. The van der Waals surface area contributed by atoms with Gasteiger partial charge in [0.25, 0.3) is 5.91 Å². The molecule has 0 unspecified atom stereocenters. The van der Waals surface area contributed by atoms with E-state index in [2.05, 4.69) is 33.9 Å². The van der Waals surface area contributed by atoms with Crippen molar-refractivity contribution < 1.29 is 4.79 Å². The van der Waals surface area contributed by atoms with Gasteiger partial charge in [0.05, 0.1) is 5.69 Å². The van der Waals surface area contributed by atoms with Crippen LogP contribution in [0.3, 0.4) is 0 Å². The van der Waals surface area contributed by atoms with Gasteiger partial charge in [-0.1, -0.05) is 31.2 Å². The van der Waals surface area contributed by atoms with Crippen LogP contribution in [0.2, 0.25) is 0 Å². The molecule has 1 fully saturated rings. The Balaban J connectivity index is 1.44. The van der Waals surface area contributed by atoms with Crippen molar-refractivity contribution >= 4 is 17.8 Å². The van der Waals surface area contributed by atoms with Crippen LogP contribution in [-0.2, 0) is 12.8 Å². The van der Waals surface area contributed by atoms with Gasteiger partial charge in [0.15, 0.2) is 0 Å². The molecule has 1 saturated heterocycles. The summed E-state index contributed by atoms with van der Waals surface area (Å²) in [7, 11) is 0. The van der Waals surface area contributed by atoms with E-state index in [9.17, 15) is 4.79 Å². The van der Waals surface area contributed by atoms with E-state index >= 15 is 0 Å². The lowest BCUT2D eigenvalue weighted by atomic mass is 10.1. The standard InChI is InChI=1S/C20H22N4O/c1-2-15-6-8-16(9-7-15)20(25)24-12-10-23(11-13-24)19-17-4-3-5-18(17)21-14-22-19/h3-4,6-9,14H,2,5,10-13H2,1H3. The number of piperazine rings is 1. The smallest absolute Gasteiger partial charge is 0.253 e. The second kappa shape index (κ2) is 6.67. The average Bonchev–Trinajstić information content (AvgIpc) is 3.16. The molecule has 0 N–H and O–H groups in total. The van der Waals surface area contributed by atoms with Crippen LogP contribution in [-0.4, -0.2) is 47.0 Å². The molecule has 1 aliphatic carbocycles. The van der Waals surface area contributed by atoms with Gasteiger partial charge >= 0.3 is 0 Å². The average molecular weight is 334 g/mol. The Morgan fingerprint density at radius 2 is 1.84 bits per heavy atom. The highest BCUT2D eigenvalue weighted by Gasteiger charge is 2.25. The molecule has 1 aromatic heterocycles. The Hall–Kier alpha value is -2.69. The van der Waals surface area contributed by atoms with Gasteiger partial charge in [-0.15, -0.1) is 0 Å². The third kappa shape index (κ3) is 3.02. The Kier molecular flexibility index (Phi) is 4.22. The molecule has 1 amide bonds. The molecule has 1 aliphatic heterocycles. The Labute approximate surface area is 148 Å². The highest BCUT2D eigenvalue weighted by Crippen LogP contribution is 2.27. The summed E-state index contributed by atoms with van der Waals surface area (Å²) in [5.74, 6) is 1.12. The number of anilines is 1. The number of benzene rings is 1. The summed E-state index contributed by atoms with van der Waals surface area (Å²) in [6, 6.07) is 7.96. The van der Waals surface area contributed by atoms with E-state index in [0.717, 1.165) is 61.7 Å². The summed E-state index contributed by atoms with van der Waals surface area (Å²) in [5, 5.41) is 0. The fraction of sp³-hybridized carbons (Fsp3) is 0.350. The van der Waals surface area contributed by atoms with Crippen molar-refractivity contribution in [3.05, 3.63) is 59.1 Å². The van der Waals surface area contributed by atoms with Crippen LogP contribution in [0.4, 0.5) is 5.82 Å². The van der Waals surface area contributed by atoms with Crippen LogP contribution in [0.15, 0.2) is 36.7 Å².